The normalized spacial score (nSPS) is 10.6. The molecule has 0 aliphatic heterocycles. The zero-order valence-corrected chi connectivity index (χ0v) is 42.7. The molecule has 0 bridgehead atoms. The second-order valence-corrected chi connectivity index (χ2v) is 19.2. The summed E-state index contributed by atoms with van der Waals surface area (Å²) in [5.74, 6) is 0. The Kier molecular flexibility index (Phi) is 12.1. The molecule has 0 atom stereocenters. The standard InChI is InChI=1S/C70H30N12/c1-76-55-23-44(39-74)21-52(25-55)47-10-14-66-61(30-47)60-29-46(51-19-42(37-72)17-43(20-51)38-73)9-13-65(60)81(66)69-34-59(50-8-6-7-41(18-50)36-71)64(80-5)35-70(69)82-67-15-11-48(53-22-45(40-75)24-56(26-53)77-2)31-62(67)63-32-49(12-16-68(63)82)54-27-57(78-3)33-58(28-54)79-4/h6-35H. The van der Waals surface area contributed by atoms with Crippen molar-refractivity contribution in [3.05, 3.63) is 267 Å². The average molecular weight is 1040 g/mol. The third-order valence-electron chi connectivity index (χ3n) is 14.6. The smallest absolute Gasteiger partial charge is 0.197 e. The molecule has 2 aromatic heterocycles. The topological polar surface area (TPSA) is 151 Å². The summed E-state index contributed by atoms with van der Waals surface area (Å²) in [6.45, 7) is 40.1. The maximum atomic E-state index is 10.1. The van der Waals surface area contributed by atoms with E-state index in [0.717, 1.165) is 65.9 Å². The Morgan fingerprint density at radius 3 is 1.00 bits per heavy atom. The van der Waals surface area contributed by atoms with Gasteiger partial charge in [-0.05, 0) is 183 Å². The van der Waals surface area contributed by atoms with Crippen LogP contribution in [0.3, 0.4) is 0 Å². The monoisotopic (exact) mass is 1040 g/mol. The largest absolute Gasteiger partial charge is 0.308 e. The predicted molar refractivity (Wildman–Crippen MR) is 317 cm³/mol. The van der Waals surface area contributed by atoms with E-state index in [4.69, 9.17) is 32.9 Å². The molecule has 0 fully saturated rings. The molecule has 12 heteroatoms. The Morgan fingerprint density at radius 2 is 0.622 bits per heavy atom. The van der Waals surface area contributed by atoms with Crippen molar-refractivity contribution < 1.29 is 0 Å². The van der Waals surface area contributed by atoms with Crippen LogP contribution in [0.2, 0.25) is 0 Å². The lowest BCUT2D eigenvalue weighted by Crippen LogP contribution is -2.04. The van der Waals surface area contributed by atoms with E-state index in [9.17, 15) is 26.3 Å². The van der Waals surface area contributed by atoms with Crippen molar-refractivity contribution in [1.82, 2.24) is 9.13 Å². The van der Waals surface area contributed by atoms with Crippen LogP contribution in [0.15, 0.2) is 182 Å². The van der Waals surface area contributed by atoms with E-state index in [1.807, 2.05) is 91.0 Å². The van der Waals surface area contributed by atoms with Crippen LogP contribution in [0.1, 0.15) is 27.8 Å². The third kappa shape index (κ3) is 8.44. The van der Waals surface area contributed by atoms with Crippen molar-refractivity contribution in [2.45, 2.75) is 0 Å². The second kappa shape index (κ2) is 20.0. The van der Waals surface area contributed by atoms with Crippen molar-refractivity contribution in [1.29, 1.82) is 26.3 Å². The molecule has 12 aromatic rings. The third-order valence-corrected chi connectivity index (χ3v) is 14.6. The molecule has 0 radical (unpaired) electrons. The van der Waals surface area contributed by atoms with E-state index < -0.39 is 0 Å². The van der Waals surface area contributed by atoms with Crippen LogP contribution in [-0.2, 0) is 0 Å². The van der Waals surface area contributed by atoms with Gasteiger partial charge in [-0.2, -0.15) is 26.3 Å². The maximum absolute atomic E-state index is 10.1. The molecular weight excluding hydrogens is 1010 g/mol. The Bertz CT molecular complexity index is 4910. The molecule has 2 heterocycles. The molecule has 0 saturated heterocycles. The first kappa shape index (κ1) is 49.6. The number of fused-ring (bicyclic) bond motifs is 6. The van der Waals surface area contributed by atoms with Crippen LogP contribution in [-0.4, -0.2) is 9.13 Å². The average Bonchev–Trinajstić information content (AvgIpc) is 4.15. The predicted octanol–water partition coefficient (Wildman–Crippen LogP) is 18.3. The zero-order valence-electron chi connectivity index (χ0n) is 42.7. The van der Waals surface area contributed by atoms with Gasteiger partial charge in [-0.3, -0.25) is 0 Å². The number of nitrogens with zero attached hydrogens (tertiary/aromatic N) is 12. The summed E-state index contributed by atoms with van der Waals surface area (Å²) in [6, 6.07) is 65.8. The summed E-state index contributed by atoms with van der Waals surface area (Å²) in [4.78, 5) is 18.8. The fourth-order valence-corrected chi connectivity index (χ4v) is 10.9. The van der Waals surface area contributed by atoms with Gasteiger partial charge in [0.2, 0.25) is 0 Å². The fourth-order valence-electron chi connectivity index (χ4n) is 10.9. The minimum atomic E-state index is 0.295. The molecule has 0 spiro atoms. The molecule has 0 N–H and O–H groups in total. The molecule has 12 nitrogen and oxygen atoms in total. The van der Waals surface area contributed by atoms with Crippen molar-refractivity contribution in [2.24, 2.45) is 0 Å². The van der Waals surface area contributed by atoms with E-state index >= 15 is 0 Å². The van der Waals surface area contributed by atoms with Crippen molar-refractivity contribution in [3.8, 4) is 97.4 Å². The highest BCUT2D eigenvalue weighted by Crippen LogP contribution is 2.46. The van der Waals surface area contributed by atoms with E-state index in [1.54, 1.807) is 84.9 Å². The van der Waals surface area contributed by atoms with Crippen molar-refractivity contribution in [2.75, 3.05) is 0 Å². The first-order chi connectivity index (χ1) is 40.1. The molecule has 0 aliphatic carbocycles. The molecule has 10 aromatic carbocycles. The van der Waals surface area contributed by atoms with Gasteiger partial charge in [-0.15, -0.1) is 0 Å². The van der Waals surface area contributed by atoms with E-state index in [-0.39, 0.29) is 0 Å². The van der Waals surface area contributed by atoms with Gasteiger partial charge >= 0.3 is 0 Å². The van der Waals surface area contributed by atoms with E-state index in [0.29, 0.717) is 101 Å². The first-order valence-electron chi connectivity index (χ1n) is 25.1. The van der Waals surface area contributed by atoms with Crippen LogP contribution in [0.5, 0.6) is 0 Å². The van der Waals surface area contributed by atoms with Gasteiger partial charge < -0.3 is 9.13 Å². The van der Waals surface area contributed by atoms with Gasteiger partial charge in [0.25, 0.3) is 0 Å². The van der Waals surface area contributed by atoms with Crippen LogP contribution < -0.4 is 0 Å². The minimum absolute atomic E-state index is 0.295. The highest BCUT2D eigenvalue weighted by Gasteiger charge is 2.25. The molecule has 12 rings (SSSR count). The number of rotatable bonds is 7. The summed E-state index contributed by atoms with van der Waals surface area (Å²) < 4.78 is 4.23. The van der Waals surface area contributed by atoms with Gasteiger partial charge in [0.05, 0.1) is 113 Å². The molecule has 0 amide bonds. The highest BCUT2D eigenvalue weighted by molar-refractivity contribution is 6.14. The summed E-state index contributed by atoms with van der Waals surface area (Å²) in [6.07, 6.45) is 0. The maximum Gasteiger partial charge on any atom is 0.197 e. The van der Waals surface area contributed by atoms with Crippen LogP contribution in [0, 0.1) is 89.5 Å². The number of nitriles is 5. The van der Waals surface area contributed by atoms with Gasteiger partial charge in [0, 0.05) is 32.7 Å². The number of hydrogen-bond donors (Lipinski definition) is 0. The zero-order chi connectivity index (χ0) is 56.8. The second-order valence-electron chi connectivity index (χ2n) is 19.2. The Hall–Kier alpha value is -13.3. The first-order valence-corrected chi connectivity index (χ1v) is 25.1. The summed E-state index contributed by atoms with van der Waals surface area (Å²) in [5, 5.41) is 53.3. The van der Waals surface area contributed by atoms with Crippen LogP contribution >= 0.6 is 0 Å². The fraction of sp³-hybridized carbons (Fsp3) is 0. The lowest BCUT2D eigenvalue weighted by molar-refractivity contribution is 1.10. The van der Waals surface area contributed by atoms with E-state index in [1.165, 1.54) is 6.07 Å². The lowest BCUT2D eigenvalue weighted by atomic mass is 9.97. The van der Waals surface area contributed by atoms with Gasteiger partial charge in [-0.1, -0.05) is 54.6 Å². The SMILES string of the molecule is [C-]#[N+]c1cc(C#N)cc(-c2ccc3c(c2)c2cc(-c4cc([N+]#[C-])cc([N+]#[C-])c4)ccc2n3-c2cc([N+]#[C-])c(-c3cccc(C#N)c3)cc2-n2c3ccc(-c4cc(C#N)cc(C#N)c4)cc3c3cc(-c4cc(C#N)cc([N+]#[C-])c4)ccc32)c1. The quantitative estimate of drug-likeness (QED) is 0.146. The molecule has 0 unspecified atom stereocenters. The minimum Gasteiger partial charge on any atom is -0.308 e. The molecule has 82 heavy (non-hydrogen) atoms. The van der Waals surface area contributed by atoms with Gasteiger partial charge in [-0.25, -0.2) is 24.2 Å². The van der Waals surface area contributed by atoms with Gasteiger partial charge in [0.15, 0.2) is 28.4 Å². The summed E-state index contributed by atoms with van der Waals surface area (Å²) >= 11 is 0. The molecule has 370 valence electrons. The van der Waals surface area contributed by atoms with Gasteiger partial charge in [0.1, 0.15) is 0 Å². The van der Waals surface area contributed by atoms with Crippen molar-refractivity contribution in [3.63, 3.8) is 0 Å². The van der Waals surface area contributed by atoms with E-state index in [2.05, 4.69) is 63.7 Å². The Balaban J connectivity index is 1.22. The molecule has 0 aliphatic rings. The number of aromatic nitrogens is 2. The Morgan fingerprint density at radius 1 is 0.280 bits per heavy atom. The number of hydrogen-bond acceptors (Lipinski definition) is 5. The molecule has 0 saturated carbocycles. The Labute approximate surface area is 469 Å². The number of benzene rings is 10. The molecular formula is C70H30N12. The van der Waals surface area contributed by atoms with Crippen LogP contribution in [0.25, 0.3) is 135 Å². The van der Waals surface area contributed by atoms with Crippen LogP contribution in [0.4, 0.5) is 28.4 Å². The lowest BCUT2D eigenvalue weighted by Gasteiger charge is -2.20. The summed E-state index contributed by atoms with van der Waals surface area (Å²) in [5.41, 5.74) is 14.2. The summed E-state index contributed by atoms with van der Waals surface area (Å²) in [7, 11) is 0. The highest BCUT2D eigenvalue weighted by atomic mass is 15.1. The van der Waals surface area contributed by atoms with Crippen molar-refractivity contribution >= 4 is 72.0 Å².